The number of anilines is 1. The quantitative estimate of drug-likeness (QED) is 0.289. The second-order valence-electron chi connectivity index (χ2n) is 9.97. The summed E-state index contributed by atoms with van der Waals surface area (Å²) >= 11 is 6.45. The van der Waals surface area contributed by atoms with Crippen LogP contribution in [0.5, 0.6) is 0 Å². The van der Waals surface area contributed by atoms with Crippen molar-refractivity contribution in [2.45, 2.75) is 71.0 Å². The maximum Gasteiger partial charge on any atom is 0.264 e. The topological polar surface area (TPSA) is 86.8 Å². The fraction of sp³-hybridized carbons (Fsp3) is 0.355. The molecule has 0 aliphatic rings. The monoisotopic (exact) mass is 583 g/mol. The third kappa shape index (κ3) is 7.43. The Morgan fingerprint density at radius 2 is 1.57 bits per heavy atom. The first-order valence-electron chi connectivity index (χ1n) is 13.5. The largest absolute Gasteiger partial charge is 0.352 e. The molecule has 0 spiro atoms. The molecule has 2 atom stereocenters. The molecule has 3 aromatic rings. The van der Waals surface area contributed by atoms with Gasteiger partial charge in [-0.15, -0.1) is 0 Å². The van der Waals surface area contributed by atoms with E-state index in [4.69, 9.17) is 11.6 Å². The van der Waals surface area contributed by atoms with E-state index in [-0.39, 0.29) is 23.4 Å². The zero-order chi connectivity index (χ0) is 29.4. The predicted octanol–water partition coefficient (Wildman–Crippen LogP) is 5.87. The van der Waals surface area contributed by atoms with Gasteiger partial charge in [0.2, 0.25) is 11.8 Å². The Balaban J connectivity index is 2.10. The number of carbonyl (C=O) groups is 2. The van der Waals surface area contributed by atoms with E-state index in [1.165, 1.54) is 17.0 Å². The summed E-state index contributed by atoms with van der Waals surface area (Å²) in [5.41, 5.74) is 2.63. The van der Waals surface area contributed by atoms with Crippen molar-refractivity contribution in [1.29, 1.82) is 0 Å². The molecule has 0 saturated carbocycles. The lowest BCUT2D eigenvalue weighted by Gasteiger charge is -2.34. The van der Waals surface area contributed by atoms with Crippen molar-refractivity contribution in [3.63, 3.8) is 0 Å². The van der Waals surface area contributed by atoms with Crippen LogP contribution in [-0.2, 0) is 26.2 Å². The maximum absolute atomic E-state index is 14.2. The second-order valence-corrected chi connectivity index (χ2v) is 12.2. The molecular formula is C31H38ClN3O4S. The molecule has 3 rings (SSSR count). The molecular weight excluding hydrogens is 546 g/mol. The first-order valence-corrected chi connectivity index (χ1v) is 15.3. The highest BCUT2D eigenvalue weighted by Gasteiger charge is 2.34. The summed E-state index contributed by atoms with van der Waals surface area (Å²) in [5.74, 6) is -0.798. The molecule has 0 heterocycles. The Bertz CT molecular complexity index is 1430. The molecule has 2 unspecified atom stereocenters. The third-order valence-corrected chi connectivity index (χ3v) is 9.07. The summed E-state index contributed by atoms with van der Waals surface area (Å²) < 4.78 is 29.1. The summed E-state index contributed by atoms with van der Waals surface area (Å²) in [6.07, 6.45) is 1.07. The predicted molar refractivity (Wildman–Crippen MR) is 161 cm³/mol. The second kappa shape index (κ2) is 13.8. The van der Waals surface area contributed by atoms with Crippen LogP contribution < -0.4 is 9.62 Å². The van der Waals surface area contributed by atoms with E-state index in [2.05, 4.69) is 5.32 Å². The SMILES string of the molecule is CCC(C)NC(=O)C(CC)N(Cc1ccccc1Cl)C(=O)CN(c1cc(C)ccc1C)S(=O)(=O)c1ccccc1. The van der Waals surface area contributed by atoms with Gasteiger partial charge in [-0.1, -0.05) is 74.0 Å². The molecule has 2 amide bonds. The Kier molecular flexibility index (Phi) is 10.8. The van der Waals surface area contributed by atoms with Crippen molar-refractivity contribution >= 4 is 39.1 Å². The Hall–Kier alpha value is -3.36. The van der Waals surface area contributed by atoms with E-state index in [0.29, 0.717) is 28.3 Å². The van der Waals surface area contributed by atoms with Gasteiger partial charge in [0.15, 0.2) is 0 Å². The average Bonchev–Trinajstić information content (AvgIpc) is 2.94. The fourth-order valence-corrected chi connectivity index (χ4v) is 6.08. The van der Waals surface area contributed by atoms with Crippen molar-refractivity contribution < 1.29 is 18.0 Å². The normalized spacial score (nSPS) is 12.8. The summed E-state index contributed by atoms with van der Waals surface area (Å²) in [7, 11) is -4.12. The van der Waals surface area contributed by atoms with E-state index in [1.54, 1.807) is 42.5 Å². The lowest BCUT2D eigenvalue weighted by Crippen LogP contribution is -2.53. The number of aryl methyl sites for hydroxylation is 2. The Morgan fingerprint density at radius 3 is 2.20 bits per heavy atom. The number of rotatable bonds is 12. The highest BCUT2D eigenvalue weighted by Crippen LogP contribution is 2.29. The van der Waals surface area contributed by atoms with E-state index in [1.807, 2.05) is 52.8 Å². The fourth-order valence-electron chi connectivity index (χ4n) is 4.39. The van der Waals surface area contributed by atoms with Crippen molar-refractivity contribution in [3.05, 3.63) is 94.5 Å². The minimum absolute atomic E-state index is 0.0525. The number of hydrogen-bond donors (Lipinski definition) is 1. The van der Waals surface area contributed by atoms with Crippen LogP contribution in [0.4, 0.5) is 5.69 Å². The number of nitrogens with one attached hydrogen (secondary N) is 1. The van der Waals surface area contributed by atoms with Crippen molar-refractivity contribution in [2.24, 2.45) is 0 Å². The van der Waals surface area contributed by atoms with Crippen LogP contribution >= 0.6 is 11.6 Å². The summed E-state index contributed by atoms with van der Waals surface area (Å²) in [4.78, 5) is 29.1. The van der Waals surface area contributed by atoms with Gasteiger partial charge in [-0.3, -0.25) is 13.9 Å². The smallest absolute Gasteiger partial charge is 0.264 e. The van der Waals surface area contributed by atoms with E-state index < -0.39 is 28.5 Å². The lowest BCUT2D eigenvalue weighted by molar-refractivity contribution is -0.140. The molecule has 1 N–H and O–H groups in total. The zero-order valence-electron chi connectivity index (χ0n) is 23.7. The van der Waals surface area contributed by atoms with Gasteiger partial charge in [0, 0.05) is 17.6 Å². The molecule has 3 aromatic carbocycles. The number of carbonyl (C=O) groups excluding carboxylic acids is 2. The Labute approximate surface area is 243 Å². The minimum Gasteiger partial charge on any atom is -0.352 e. The standard InChI is InChI=1S/C31H38ClN3O4S/c1-6-24(5)33-31(37)28(7-2)34(20-25-13-11-12-16-27(25)32)30(36)21-35(29-19-22(3)17-18-23(29)4)40(38,39)26-14-9-8-10-15-26/h8-19,24,28H,6-7,20-21H2,1-5H3,(H,33,37). The molecule has 9 heteroatoms. The minimum atomic E-state index is -4.12. The molecule has 0 aliphatic carbocycles. The van der Waals surface area contributed by atoms with Crippen LogP contribution in [-0.4, -0.2) is 43.8 Å². The maximum atomic E-state index is 14.2. The number of sulfonamides is 1. The van der Waals surface area contributed by atoms with Crippen LogP contribution in [0.25, 0.3) is 0 Å². The molecule has 0 radical (unpaired) electrons. The number of halogens is 1. The molecule has 0 aromatic heterocycles. The van der Waals surface area contributed by atoms with Gasteiger partial charge in [0.1, 0.15) is 12.6 Å². The van der Waals surface area contributed by atoms with Crippen molar-refractivity contribution in [2.75, 3.05) is 10.8 Å². The molecule has 214 valence electrons. The molecule has 40 heavy (non-hydrogen) atoms. The number of benzene rings is 3. The molecule has 0 aliphatic heterocycles. The van der Waals surface area contributed by atoms with Gasteiger partial charge >= 0.3 is 0 Å². The van der Waals surface area contributed by atoms with E-state index in [9.17, 15) is 18.0 Å². The first-order chi connectivity index (χ1) is 19.0. The average molecular weight is 584 g/mol. The molecule has 0 fully saturated rings. The zero-order valence-corrected chi connectivity index (χ0v) is 25.3. The third-order valence-electron chi connectivity index (χ3n) is 6.93. The van der Waals surface area contributed by atoms with Gasteiger partial charge in [-0.05, 0) is 74.6 Å². The van der Waals surface area contributed by atoms with Gasteiger partial charge in [0.25, 0.3) is 10.0 Å². The highest BCUT2D eigenvalue weighted by atomic mass is 35.5. The summed E-state index contributed by atoms with van der Waals surface area (Å²) in [6.45, 7) is 8.94. The first kappa shape index (κ1) is 31.2. The number of hydrogen-bond acceptors (Lipinski definition) is 4. The van der Waals surface area contributed by atoms with Gasteiger partial charge < -0.3 is 10.2 Å². The van der Waals surface area contributed by atoms with Crippen LogP contribution in [0, 0.1) is 13.8 Å². The van der Waals surface area contributed by atoms with Crippen molar-refractivity contribution in [1.82, 2.24) is 10.2 Å². The summed E-state index contributed by atoms with van der Waals surface area (Å²) in [5, 5.41) is 3.44. The summed E-state index contributed by atoms with van der Waals surface area (Å²) in [6, 6.07) is 19.7. The van der Waals surface area contributed by atoms with Crippen LogP contribution in [0.2, 0.25) is 5.02 Å². The molecule has 7 nitrogen and oxygen atoms in total. The van der Waals surface area contributed by atoms with Crippen molar-refractivity contribution in [3.8, 4) is 0 Å². The van der Waals surface area contributed by atoms with Gasteiger partial charge in [0.05, 0.1) is 10.6 Å². The van der Waals surface area contributed by atoms with Gasteiger partial charge in [-0.2, -0.15) is 0 Å². The van der Waals surface area contributed by atoms with Gasteiger partial charge in [-0.25, -0.2) is 8.42 Å². The number of amides is 2. The highest BCUT2D eigenvalue weighted by molar-refractivity contribution is 7.92. The molecule has 0 saturated heterocycles. The van der Waals surface area contributed by atoms with E-state index >= 15 is 0 Å². The van der Waals surface area contributed by atoms with Crippen LogP contribution in [0.1, 0.15) is 50.3 Å². The van der Waals surface area contributed by atoms with Crippen LogP contribution in [0.15, 0.2) is 77.7 Å². The molecule has 0 bridgehead atoms. The number of nitrogens with zero attached hydrogens (tertiary/aromatic N) is 2. The van der Waals surface area contributed by atoms with E-state index in [0.717, 1.165) is 16.3 Å². The lowest BCUT2D eigenvalue weighted by atomic mass is 10.1. The van der Waals surface area contributed by atoms with Crippen LogP contribution in [0.3, 0.4) is 0 Å². The Morgan fingerprint density at radius 1 is 0.925 bits per heavy atom.